The van der Waals surface area contributed by atoms with Gasteiger partial charge in [0.15, 0.2) is 5.75 Å². The largest absolute Gasteiger partial charge is 0.488 e. The molecular weight excluding hydrogens is 537 g/mol. The van der Waals surface area contributed by atoms with E-state index in [0.717, 1.165) is 5.56 Å². The molecule has 1 aliphatic rings. The lowest BCUT2D eigenvalue weighted by Crippen LogP contribution is -2.38. The number of aromatic nitrogens is 2. The highest BCUT2D eigenvalue weighted by atomic mass is 35.5. The lowest BCUT2D eigenvalue weighted by Gasteiger charge is -2.33. The summed E-state index contributed by atoms with van der Waals surface area (Å²) in [5, 5.41) is 5.89. The summed E-state index contributed by atoms with van der Waals surface area (Å²) in [6.07, 6.45) is -2.69. The van der Waals surface area contributed by atoms with Crippen molar-refractivity contribution in [2.45, 2.75) is 44.1 Å². The SMILES string of the molecule is Cc1ccc(F)c(C(C)C(NS(=O)(=O)c2ccc(Cl)c3c2OCCN3CC(F)F)c2n[nH]c(=O)o2)c1C. The molecule has 1 aromatic heterocycles. The maximum absolute atomic E-state index is 14.9. The number of hydrogen-bond donors (Lipinski definition) is 2. The van der Waals surface area contributed by atoms with Crippen molar-refractivity contribution < 1.29 is 30.7 Å². The second-order valence-corrected chi connectivity index (χ2v) is 10.7. The molecule has 2 unspecified atom stereocenters. The summed E-state index contributed by atoms with van der Waals surface area (Å²) in [7, 11) is -4.48. The van der Waals surface area contributed by atoms with Gasteiger partial charge in [0.2, 0.25) is 15.9 Å². The van der Waals surface area contributed by atoms with Gasteiger partial charge in [0.05, 0.1) is 18.1 Å². The lowest BCUT2D eigenvalue weighted by molar-refractivity contribution is 0.151. The van der Waals surface area contributed by atoms with Crippen LogP contribution < -0.4 is 20.1 Å². The minimum atomic E-state index is -4.48. The van der Waals surface area contributed by atoms with Crippen molar-refractivity contribution in [2.75, 3.05) is 24.6 Å². The second kappa shape index (κ2) is 10.4. The standard InChI is InChI=1S/C23H24ClF3N4O5S/c1-11-4-6-15(25)18(12(11)2)13(3)19(22-28-29-23(32)36-22)30-37(33,34)16-7-5-14(24)20-21(16)35-9-8-31(20)10-17(26)27/h4-7,13,17,19,30H,8-10H2,1-3H3,(H,29,32). The quantitative estimate of drug-likeness (QED) is 0.426. The van der Waals surface area contributed by atoms with Crippen LogP contribution in [0.3, 0.4) is 0 Å². The molecule has 14 heteroatoms. The Labute approximate surface area is 215 Å². The molecule has 0 spiro atoms. The smallest absolute Gasteiger partial charge is 0.434 e. The molecule has 0 bridgehead atoms. The number of benzene rings is 2. The highest BCUT2D eigenvalue weighted by Gasteiger charge is 2.36. The van der Waals surface area contributed by atoms with Crippen LogP contribution in [0.15, 0.2) is 38.4 Å². The van der Waals surface area contributed by atoms with Crippen LogP contribution in [0.1, 0.15) is 41.5 Å². The Kier molecular flexibility index (Phi) is 7.58. The third-order valence-corrected chi connectivity index (χ3v) is 8.08. The van der Waals surface area contributed by atoms with Crippen molar-refractivity contribution >= 4 is 27.3 Å². The average molecular weight is 561 g/mol. The number of anilines is 1. The maximum atomic E-state index is 14.9. The molecule has 0 amide bonds. The van der Waals surface area contributed by atoms with Crippen molar-refractivity contribution in [1.29, 1.82) is 0 Å². The van der Waals surface area contributed by atoms with Crippen LogP contribution in [-0.2, 0) is 10.0 Å². The molecule has 0 aliphatic carbocycles. The molecule has 4 rings (SSSR count). The summed E-state index contributed by atoms with van der Waals surface area (Å²) in [4.78, 5) is 12.6. The first-order chi connectivity index (χ1) is 17.4. The van der Waals surface area contributed by atoms with Gasteiger partial charge in [-0.1, -0.05) is 24.6 Å². The van der Waals surface area contributed by atoms with Gasteiger partial charge in [0, 0.05) is 5.92 Å². The van der Waals surface area contributed by atoms with E-state index in [9.17, 15) is 26.4 Å². The van der Waals surface area contributed by atoms with Crippen molar-refractivity contribution in [1.82, 2.24) is 14.9 Å². The topological polar surface area (TPSA) is 118 Å². The molecular formula is C23H24ClF3N4O5S. The molecule has 3 aromatic rings. The third-order valence-electron chi connectivity index (χ3n) is 6.31. The molecule has 0 radical (unpaired) electrons. The van der Waals surface area contributed by atoms with Crippen LogP contribution in [0.5, 0.6) is 5.75 Å². The van der Waals surface area contributed by atoms with Gasteiger partial charge in [-0.2, -0.15) is 4.72 Å². The van der Waals surface area contributed by atoms with Crippen molar-refractivity contribution in [3.05, 3.63) is 68.2 Å². The zero-order valence-electron chi connectivity index (χ0n) is 20.0. The fourth-order valence-electron chi connectivity index (χ4n) is 4.39. The van der Waals surface area contributed by atoms with E-state index in [1.54, 1.807) is 26.8 Å². The minimum Gasteiger partial charge on any atom is -0.488 e. The number of hydrogen-bond acceptors (Lipinski definition) is 7. The van der Waals surface area contributed by atoms with Gasteiger partial charge >= 0.3 is 5.76 Å². The van der Waals surface area contributed by atoms with Gasteiger partial charge in [-0.25, -0.2) is 31.5 Å². The molecule has 2 heterocycles. The predicted octanol–water partition coefficient (Wildman–Crippen LogP) is 4.06. The Morgan fingerprint density at radius 1 is 1.24 bits per heavy atom. The van der Waals surface area contributed by atoms with Crippen LogP contribution in [0.4, 0.5) is 18.9 Å². The molecule has 2 aromatic carbocycles. The Balaban J connectivity index is 1.80. The lowest BCUT2D eigenvalue weighted by atomic mass is 9.88. The monoisotopic (exact) mass is 560 g/mol. The first kappa shape index (κ1) is 27.0. The maximum Gasteiger partial charge on any atom is 0.434 e. The molecule has 0 saturated heterocycles. The van der Waals surface area contributed by atoms with Gasteiger partial charge < -0.3 is 14.1 Å². The van der Waals surface area contributed by atoms with Crippen LogP contribution in [0.25, 0.3) is 0 Å². The van der Waals surface area contributed by atoms with E-state index >= 15 is 0 Å². The van der Waals surface area contributed by atoms with Gasteiger partial charge in [0.1, 0.15) is 29.0 Å². The fourth-order valence-corrected chi connectivity index (χ4v) is 6.08. The number of ether oxygens (including phenoxy) is 1. The number of halogens is 4. The molecule has 1 aliphatic heterocycles. The zero-order chi connectivity index (χ0) is 27.1. The summed E-state index contributed by atoms with van der Waals surface area (Å²) in [5.41, 5.74) is 1.58. The van der Waals surface area contributed by atoms with Crippen LogP contribution in [0, 0.1) is 19.7 Å². The van der Waals surface area contributed by atoms with E-state index in [0.29, 0.717) is 5.56 Å². The van der Waals surface area contributed by atoms with Crippen molar-refractivity contribution in [2.24, 2.45) is 0 Å². The fraction of sp³-hybridized carbons (Fsp3) is 0.391. The molecule has 9 nitrogen and oxygen atoms in total. The van der Waals surface area contributed by atoms with Crippen LogP contribution in [-0.4, -0.2) is 44.7 Å². The normalized spacial score (nSPS) is 15.4. The highest BCUT2D eigenvalue weighted by molar-refractivity contribution is 7.89. The van der Waals surface area contributed by atoms with Gasteiger partial charge in [-0.3, -0.25) is 0 Å². The molecule has 0 saturated carbocycles. The number of aryl methyl sites for hydroxylation is 1. The van der Waals surface area contributed by atoms with Crippen molar-refractivity contribution in [3.8, 4) is 5.75 Å². The molecule has 0 fully saturated rings. The number of rotatable bonds is 8. The highest BCUT2D eigenvalue weighted by Crippen LogP contribution is 2.44. The number of H-pyrrole nitrogens is 1. The zero-order valence-corrected chi connectivity index (χ0v) is 21.6. The van der Waals surface area contributed by atoms with Crippen molar-refractivity contribution in [3.63, 3.8) is 0 Å². The first-order valence-electron chi connectivity index (χ1n) is 11.2. The van der Waals surface area contributed by atoms with E-state index in [4.69, 9.17) is 20.8 Å². The number of nitrogens with zero attached hydrogens (tertiary/aromatic N) is 2. The predicted molar refractivity (Wildman–Crippen MR) is 130 cm³/mol. The average Bonchev–Trinajstić information content (AvgIpc) is 3.25. The Bertz CT molecular complexity index is 1480. The number of aromatic amines is 1. The minimum absolute atomic E-state index is 0.0209. The Morgan fingerprint density at radius 3 is 2.62 bits per heavy atom. The summed E-state index contributed by atoms with van der Waals surface area (Å²) < 4.78 is 81.6. The summed E-state index contributed by atoms with van der Waals surface area (Å²) in [6.45, 7) is 4.39. The van der Waals surface area contributed by atoms with E-state index in [-0.39, 0.29) is 46.0 Å². The summed E-state index contributed by atoms with van der Waals surface area (Å²) >= 11 is 6.24. The summed E-state index contributed by atoms with van der Waals surface area (Å²) in [6, 6.07) is 3.97. The van der Waals surface area contributed by atoms with E-state index < -0.39 is 46.5 Å². The van der Waals surface area contributed by atoms with E-state index in [1.165, 1.54) is 23.1 Å². The summed E-state index contributed by atoms with van der Waals surface area (Å²) in [5.74, 6) is -2.90. The Morgan fingerprint density at radius 2 is 1.97 bits per heavy atom. The first-order valence-corrected chi connectivity index (χ1v) is 13.1. The molecule has 200 valence electrons. The van der Waals surface area contributed by atoms with Crippen LogP contribution >= 0.6 is 11.6 Å². The van der Waals surface area contributed by atoms with Crippen LogP contribution in [0.2, 0.25) is 5.02 Å². The number of nitrogens with one attached hydrogen (secondary N) is 2. The molecule has 2 atom stereocenters. The number of alkyl halides is 2. The number of sulfonamides is 1. The second-order valence-electron chi connectivity index (χ2n) is 8.65. The third kappa shape index (κ3) is 5.34. The van der Waals surface area contributed by atoms with E-state index in [2.05, 4.69) is 14.9 Å². The van der Waals surface area contributed by atoms with Gasteiger partial charge in [-0.15, -0.1) is 5.10 Å². The van der Waals surface area contributed by atoms with E-state index in [1.807, 2.05) is 0 Å². The van der Waals surface area contributed by atoms with Gasteiger partial charge in [0.25, 0.3) is 6.43 Å². The molecule has 37 heavy (non-hydrogen) atoms. The van der Waals surface area contributed by atoms with Gasteiger partial charge in [-0.05, 0) is 48.7 Å². The Hall–Kier alpha value is -3.03. The molecule has 2 N–H and O–H groups in total. The number of fused-ring (bicyclic) bond motifs is 1.